The molecule has 2 heterocycles. The van der Waals surface area contributed by atoms with Gasteiger partial charge >= 0.3 is 0 Å². The molecule has 0 amide bonds. The molecule has 0 atom stereocenters. The molecular formula is C8H8N2O. The van der Waals surface area contributed by atoms with Crippen molar-refractivity contribution < 1.29 is 4.74 Å². The molecule has 0 aliphatic carbocycles. The molecule has 3 heteroatoms. The molecule has 1 aliphatic rings. The Bertz CT molecular complexity index is 269. The van der Waals surface area contributed by atoms with Gasteiger partial charge in [-0.3, -0.25) is 4.98 Å². The second-order valence-electron chi connectivity index (χ2n) is 2.27. The van der Waals surface area contributed by atoms with Crippen LogP contribution in [0.25, 0.3) is 0 Å². The smallest absolute Gasteiger partial charge is 0.216 e. The predicted octanol–water partition coefficient (Wildman–Crippen LogP) is 0.858. The largest absolute Gasteiger partial charge is 0.476 e. The van der Waals surface area contributed by atoms with E-state index in [1.54, 1.807) is 12.4 Å². The van der Waals surface area contributed by atoms with Crippen molar-refractivity contribution in [1.29, 1.82) is 0 Å². The van der Waals surface area contributed by atoms with E-state index in [2.05, 4.69) is 9.98 Å². The van der Waals surface area contributed by atoms with Gasteiger partial charge in [-0.1, -0.05) is 0 Å². The van der Waals surface area contributed by atoms with E-state index < -0.39 is 0 Å². The summed E-state index contributed by atoms with van der Waals surface area (Å²) in [7, 11) is 0. The Hall–Kier alpha value is -1.38. The molecule has 0 saturated carbocycles. The number of aliphatic imine (C=N–C) groups is 1. The van der Waals surface area contributed by atoms with E-state index in [1.807, 2.05) is 12.1 Å². The summed E-state index contributed by atoms with van der Waals surface area (Å²) in [5, 5.41) is 0. The maximum atomic E-state index is 5.26. The summed E-state index contributed by atoms with van der Waals surface area (Å²) in [5.74, 6) is 0.743. The van der Waals surface area contributed by atoms with Crippen molar-refractivity contribution in [3.63, 3.8) is 0 Å². The molecule has 0 spiro atoms. The number of nitrogens with zero attached hydrogens (tertiary/aromatic N) is 2. The Balaban J connectivity index is 2.29. The lowest BCUT2D eigenvalue weighted by Crippen LogP contribution is -2.00. The summed E-state index contributed by atoms with van der Waals surface area (Å²) in [5.41, 5.74) is 1.01. The highest BCUT2D eigenvalue weighted by atomic mass is 16.5. The first-order valence-electron chi connectivity index (χ1n) is 3.54. The van der Waals surface area contributed by atoms with Gasteiger partial charge in [0.2, 0.25) is 5.90 Å². The van der Waals surface area contributed by atoms with Crippen LogP contribution in [0.3, 0.4) is 0 Å². The third-order valence-electron chi connectivity index (χ3n) is 1.51. The first-order valence-corrected chi connectivity index (χ1v) is 3.54. The average Bonchev–Trinajstić information content (AvgIpc) is 2.58. The van der Waals surface area contributed by atoms with Gasteiger partial charge in [0.1, 0.15) is 6.61 Å². The van der Waals surface area contributed by atoms with Crippen LogP contribution in [0.4, 0.5) is 0 Å². The molecule has 2 rings (SSSR count). The minimum atomic E-state index is 0.706. The van der Waals surface area contributed by atoms with Gasteiger partial charge < -0.3 is 4.74 Å². The monoisotopic (exact) mass is 148 g/mol. The van der Waals surface area contributed by atoms with Crippen LogP contribution in [0.1, 0.15) is 5.56 Å². The van der Waals surface area contributed by atoms with Crippen LogP contribution < -0.4 is 0 Å². The highest BCUT2D eigenvalue weighted by Gasteiger charge is 2.08. The molecule has 0 fully saturated rings. The molecule has 3 nitrogen and oxygen atoms in total. The number of hydrogen-bond acceptors (Lipinski definition) is 3. The molecular weight excluding hydrogens is 140 g/mol. The minimum absolute atomic E-state index is 0.706. The van der Waals surface area contributed by atoms with Gasteiger partial charge in [0.25, 0.3) is 0 Å². The van der Waals surface area contributed by atoms with Gasteiger partial charge in [0.05, 0.1) is 6.54 Å². The molecule has 0 bridgehead atoms. The number of rotatable bonds is 1. The van der Waals surface area contributed by atoms with Crippen LogP contribution in [-0.4, -0.2) is 24.0 Å². The van der Waals surface area contributed by atoms with E-state index in [0.717, 1.165) is 18.0 Å². The zero-order chi connectivity index (χ0) is 7.52. The first kappa shape index (κ1) is 6.34. The Labute approximate surface area is 64.7 Å². The fourth-order valence-corrected chi connectivity index (χ4v) is 1.00. The van der Waals surface area contributed by atoms with Crippen LogP contribution in [-0.2, 0) is 4.74 Å². The van der Waals surface area contributed by atoms with E-state index in [4.69, 9.17) is 4.74 Å². The van der Waals surface area contributed by atoms with Crippen LogP contribution in [0.5, 0.6) is 0 Å². The fourth-order valence-electron chi connectivity index (χ4n) is 1.00. The maximum absolute atomic E-state index is 5.26. The first-order chi connectivity index (χ1) is 5.47. The lowest BCUT2D eigenvalue weighted by atomic mass is 10.3. The Morgan fingerprint density at radius 2 is 2.09 bits per heavy atom. The number of pyridine rings is 1. The van der Waals surface area contributed by atoms with Gasteiger partial charge in [-0.05, 0) is 12.1 Å². The zero-order valence-corrected chi connectivity index (χ0v) is 6.03. The van der Waals surface area contributed by atoms with Gasteiger partial charge in [-0.15, -0.1) is 0 Å². The molecule has 0 unspecified atom stereocenters. The summed E-state index contributed by atoms with van der Waals surface area (Å²) >= 11 is 0. The second-order valence-corrected chi connectivity index (χ2v) is 2.27. The quantitative estimate of drug-likeness (QED) is 0.592. The number of ether oxygens (including phenoxy) is 1. The lowest BCUT2D eigenvalue weighted by molar-refractivity contribution is 0.348. The highest BCUT2D eigenvalue weighted by molar-refractivity contribution is 5.94. The maximum Gasteiger partial charge on any atom is 0.216 e. The van der Waals surface area contributed by atoms with Gasteiger partial charge in [0.15, 0.2) is 0 Å². The predicted molar refractivity (Wildman–Crippen MR) is 41.6 cm³/mol. The fraction of sp³-hybridized carbons (Fsp3) is 0.250. The van der Waals surface area contributed by atoms with Crippen molar-refractivity contribution in [3.05, 3.63) is 30.1 Å². The number of hydrogen-bond donors (Lipinski definition) is 0. The van der Waals surface area contributed by atoms with E-state index in [1.165, 1.54) is 0 Å². The SMILES string of the molecule is c1cc(C2=NCCO2)ccn1. The van der Waals surface area contributed by atoms with E-state index in [-0.39, 0.29) is 0 Å². The van der Waals surface area contributed by atoms with Crippen LogP contribution >= 0.6 is 0 Å². The standard InChI is InChI=1S/C8H8N2O/c1-3-9-4-2-7(1)8-10-5-6-11-8/h1-4H,5-6H2. The molecule has 11 heavy (non-hydrogen) atoms. The van der Waals surface area contributed by atoms with Gasteiger partial charge in [0, 0.05) is 18.0 Å². The molecule has 0 aromatic carbocycles. The lowest BCUT2D eigenvalue weighted by Gasteiger charge is -1.98. The van der Waals surface area contributed by atoms with Gasteiger partial charge in [-0.25, -0.2) is 4.99 Å². The minimum Gasteiger partial charge on any atom is -0.476 e. The molecule has 56 valence electrons. The van der Waals surface area contributed by atoms with E-state index >= 15 is 0 Å². The van der Waals surface area contributed by atoms with Crippen molar-refractivity contribution in [1.82, 2.24) is 4.98 Å². The summed E-state index contributed by atoms with van der Waals surface area (Å²) < 4.78 is 5.26. The Kier molecular flexibility index (Phi) is 1.55. The molecule has 1 aliphatic heterocycles. The third kappa shape index (κ3) is 1.22. The summed E-state index contributed by atoms with van der Waals surface area (Å²) in [6.07, 6.45) is 3.47. The molecule has 0 saturated heterocycles. The van der Waals surface area contributed by atoms with Crippen molar-refractivity contribution in [2.45, 2.75) is 0 Å². The Morgan fingerprint density at radius 3 is 2.73 bits per heavy atom. The second kappa shape index (κ2) is 2.70. The van der Waals surface area contributed by atoms with Crippen LogP contribution in [0, 0.1) is 0 Å². The molecule has 1 aromatic rings. The summed E-state index contributed by atoms with van der Waals surface area (Å²) in [6, 6.07) is 3.79. The zero-order valence-electron chi connectivity index (χ0n) is 6.03. The molecule has 0 radical (unpaired) electrons. The average molecular weight is 148 g/mol. The van der Waals surface area contributed by atoms with Crippen molar-refractivity contribution in [2.75, 3.05) is 13.2 Å². The summed E-state index contributed by atoms with van der Waals surface area (Å²) in [4.78, 5) is 8.08. The summed E-state index contributed by atoms with van der Waals surface area (Å²) in [6.45, 7) is 1.48. The molecule has 1 aromatic heterocycles. The normalized spacial score (nSPS) is 15.8. The van der Waals surface area contributed by atoms with Crippen LogP contribution in [0.2, 0.25) is 0 Å². The van der Waals surface area contributed by atoms with Crippen molar-refractivity contribution in [3.8, 4) is 0 Å². The van der Waals surface area contributed by atoms with Crippen molar-refractivity contribution in [2.24, 2.45) is 4.99 Å². The van der Waals surface area contributed by atoms with E-state index in [9.17, 15) is 0 Å². The number of aromatic nitrogens is 1. The Morgan fingerprint density at radius 1 is 1.27 bits per heavy atom. The molecule has 0 N–H and O–H groups in total. The topological polar surface area (TPSA) is 34.5 Å². The third-order valence-corrected chi connectivity index (χ3v) is 1.51. The van der Waals surface area contributed by atoms with Crippen molar-refractivity contribution >= 4 is 5.90 Å². The van der Waals surface area contributed by atoms with Gasteiger partial charge in [-0.2, -0.15) is 0 Å². The highest BCUT2D eigenvalue weighted by Crippen LogP contribution is 2.04. The van der Waals surface area contributed by atoms with Crippen LogP contribution in [0.15, 0.2) is 29.5 Å². The van der Waals surface area contributed by atoms with E-state index in [0.29, 0.717) is 6.61 Å².